The molecule has 0 radical (unpaired) electrons. The van der Waals surface area contributed by atoms with E-state index in [1.54, 1.807) is 34.2 Å². The van der Waals surface area contributed by atoms with Crippen molar-refractivity contribution in [1.82, 2.24) is 14.8 Å². The first kappa shape index (κ1) is 21.5. The largest absolute Gasteiger partial charge is 0.452 e. The number of thiophene rings is 1. The molecule has 0 aliphatic carbocycles. The minimum atomic E-state index is -0.651. The zero-order valence-corrected chi connectivity index (χ0v) is 18.2. The van der Waals surface area contributed by atoms with E-state index in [2.05, 4.69) is 15.4 Å². The number of pyridine rings is 1. The number of ether oxygens (including phenoxy) is 1. The molecule has 0 spiro atoms. The molecule has 3 heterocycles. The summed E-state index contributed by atoms with van der Waals surface area (Å²) in [5.41, 5.74) is 2.75. The summed E-state index contributed by atoms with van der Waals surface area (Å²) in [6, 6.07) is 16.8. The highest BCUT2D eigenvalue weighted by Crippen LogP contribution is 2.28. The van der Waals surface area contributed by atoms with Gasteiger partial charge in [0.2, 0.25) is 0 Å². The van der Waals surface area contributed by atoms with Gasteiger partial charge in [0.1, 0.15) is 5.69 Å². The summed E-state index contributed by atoms with van der Waals surface area (Å²) in [5.74, 6) is -1.17. The molecule has 0 saturated heterocycles. The molecule has 32 heavy (non-hydrogen) atoms. The first-order chi connectivity index (χ1) is 15.6. The van der Waals surface area contributed by atoms with Crippen LogP contribution in [0, 0.1) is 0 Å². The van der Waals surface area contributed by atoms with Crippen LogP contribution >= 0.6 is 22.9 Å². The quantitative estimate of drug-likeness (QED) is 0.240. The van der Waals surface area contributed by atoms with Crippen molar-refractivity contribution in [2.45, 2.75) is 0 Å². The van der Waals surface area contributed by atoms with E-state index in [1.165, 1.54) is 12.3 Å². The molecule has 9 heteroatoms. The molecule has 0 bridgehead atoms. The van der Waals surface area contributed by atoms with E-state index in [0.717, 1.165) is 21.8 Å². The van der Waals surface area contributed by atoms with E-state index in [1.807, 2.05) is 54.0 Å². The SMILES string of the molecule is O=C(COC(=O)C=Cc1cn(-c2ccccc2)nc1-c1cccs1)Nc1cccnc1Cl. The molecule has 7 nitrogen and oxygen atoms in total. The molecule has 0 atom stereocenters. The Morgan fingerprint density at radius 2 is 1.97 bits per heavy atom. The van der Waals surface area contributed by atoms with Gasteiger partial charge >= 0.3 is 5.97 Å². The van der Waals surface area contributed by atoms with Crippen molar-refractivity contribution in [2.24, 2.45) is 0 Å². The Labute approximate surface area is 192 Å². The van der Waals surface area contributed by atoms with E-state index >= 15 is 0 Å². The van der Waals surface area contributed by atoms with Crippen LogP contribution < -0.4 is 5.32 Å². The van der Waals surface area contributed by atoms with Gasteiger partial charge in [0.15, 0.2) is 11.8 Å². The van der Waals surface area contributed by atoms with Gasteiger partial charge in [0.25, 0.3) is 5.91 Å². The second-order valence-corrected chi connectivity index (χ2v) is 7.83. The maximum atomic E-state index is 12.2. The van der Waals surface area contributed by atoms with Crippen LogP contribution in [0.1, 0.15) is 5.56 Å². The van der Waals surface area contributed by atoms with Gasteiger partial charge in [0.05, 0.1) is 16.3 Å². The van der Waals surface area contributed by atoms with Crippen molar-refractivity contribution in [2.75, 3.05) is 11.9 Å². The lowest BCUT2D eigenvalue weighted by Gasteiger charge is -2.06. The van der Waals surface area contributed by atoms with E-state index in [-0.39, 0.29) is 5.15 Å². The number of benzene rings is 1. The summed E-state index contributed by atoms with van der Waals surface area (Å²) in [7, 11) is 0. The average Bonchev–Trinajstić information content (AvgIpc) is 3.48. The Morgan fingerprint density at radius 1 is 1.12 bits per heavy atom. The number of carbonyl (C=O) groups is 2. The molecule has 0 unspecified atom stereocenters. The van der Waals surface area contributed by atoms with Crippen molar-refractivity contribution in [1.29, 1.82) is 0 Å². The van der Waals surface area contributed by atoms with Gasteiger partial charge in [-0.05, 0) is 41.8 Å². The van der Waals surface area contributed by atoms with E-state index in [0.29, 0.717) is 5.69 Å². The number of carbonyl (C=O) groups excluding carboxylic acids is 2. The van der Waals surface area contributed by atoms with Crippen molar-refractivity contribution in [3.8, 4) is 16.3 Å². The van der Waals surface area contributed by atoms with Gasteiger partial charge in [-0.15, -0.1) is 11.3 Å². The molecular formula is C23H17ClN4O3S. The summed E-state index contributed by atoms with van der Waals surface area (Å²) >= 11 is 7.45. The number of rotatable bonds is 7. The van der Waals surface area contributed by atoms with Gasteiger partial charge in [-0.2, -0.15) is 5.10 Å². The fraction of sp³-hybridized carbons (Fsp3) is 0.0435. The van der Waals surface area contributed by atoms with E-state index < -0.39 is 18.5 Å². The van der Waals surface area contributed by atoms with Crippen molar-refractivity contribution in [3.63, 3.8) is 0 Å². The first-order valence-corrected chi connectivity index (χ1v) is 10.8. The third-order valence-corrected chi connectivity index (χ3v) is 5.47. The molecule has 0 aliphatic rings. The van der Waals surface area contributed by atoms with Crippen LogP contribution in [0.15, 0.2) is 78.4 Å². The van der Waals surface area contributed by atoms with Gasteiger partial charge in [-0.25, -0.2) is 14.5 Å². The standard InChI is InChI=1S/C23H17ClN4O3S/c24-23-18(8-4-12-25-23)26-20(29)15-31-21(30)11-10-16-14-28(17-6-2-1-3-7-17)27-22(16)19-9-5-13-32-19/h1-14H,15H2,(H,26,29). The van der Waals surface area contributed by atoms with E-state index in [9.17, 15) is 9.59 Å². The number of halogens is 1. The number of amides is 1. The topological polar surface area (TPSA) is 86.1 Å². The number of hydrogen-bond donors (Lipinski definition) is 1. The number of aromatic nitrogens is 3. The van der Waals surface area contributed by atoms with E-state index in [4.69, 9.17) is 16.3 Å². The Hall–Kier alpha value is -3.75. The summed E-state index contributed by atoms with van der Waals surface area (Å²) < 4.78 is 6.79. The molecule has 4 aromatic rings. The van der Waals surface area contributed by atoms with Crippen LogP contribution in [0.4, 0.5) is 5.69 Å². The zero-order chi connectivity index (χ0) is 22.3. The maximum absolute atomic E-state index is 12.2. The Balaban J connectivity index is 1.44. The molecular weight excluding hydrogens is 448 g/mol. The molecule has 160 valence electrons. The molecule has 0 fully saturated rings. The summed E-state index contributed by atoms with van der Waals surface area (Å²) in [5, 5.41) is 9.33. The molecule has 1 aromatic carbocycles. The van der Waals surface area contributed by atoms with Crippen LogP contribution in [-0.4, -0.2) is 33.2 Å². The van der Waals surface area contributed by atoms with Crippen LogP contribution in [0.25, 0.3) is 22.3 Å². The Bertz CT molecular complexity index is 1250. The molecule has 0 aliphatic heterocycles. The smallest absolute Gasteiger partial charge is 0.331 e. The number of nitrogens with zero attached hydrogens (tertiary/aromatic N) is 3. The Kier molecular flexibility index (Phi) is 6.74. The monoisotopic (exact) mass is 464 g/mol. The highest BCUT2D eigenvalue weighted by Gasteiger charge is 2.13. The number of anilines is 1. The predicted molar refractivity (Wildman–Crippen MR) is 125 cm³/mol. The predicted octanol–water partition coefficient (Wildman–Crippen LogP) is 4.84. The average molecular weight is 465 g/mol. The highest BCUT2D eigenvalue weighted by molar-refractivity contribution is 7.13. The van der Waals surface area contributed by atoms with Gasteiger partial charge in [-0.1, -0.05) is 35.9 Å². The maximum Gasteiger partial charge on any atom is 0.331 e. The Morgan fingerprint density at radius 3 is 2.72 bits per heavy atom. The van der Waals surface area contributed by atoms with Gasteiger partial charge in [-0.3, -0.25) is 4.79 Å². The lowest BCUT2D eigenvalue weighted by molar-refractivity contribution is -0.142. The van der Waals surface area contributed by atoms with Gasteiger partial charge < -0.3 is 10.1 Å². The van der Waals surface area contributed by atoms with Crippen LogP contribution in [0.3, 0.4) is 0 Å². The molecule has 3 aromatic heterocycles. The summed E-state index contributed by atoms with van der Waals surface area (Å²) in [6.07, 6.45) is 6.24. The summed E-state index contributed by atoms with van der Waals surface area (Å²) in [6.45, 7) is -0.449. The van der Waals surface area contributed by atoms with Crippen LogP contribution in [-0.2, 0) is 14.3 Å². The molecule has 4 rings (SSSR count). The van der Waals surface area contributed by atoms with Crippen molar-refractivity contribution >= 4 is 46.6 Å². The van der Waals surface area contributed by atoms with Crippen LogP contribution in [0.5, 0.6) is 0 Å². The van der Waals surface area contributed by atoms with Crippen LogP contribution in [0.2, 0.25) is 5.15 Å². The van der Waals surface area contributed by atoms with Crippen molar-refractivity contribution in [3.05, 3.63) is 89.2 Å². The molecule has 1 amide bonds. The molecule has 1 N–H and O–H groups in total. The fourth-order valence-corrected chi connectivity index (χ4v) is 3.73. The second-order valence-electron chi connectivity index (χ2n) is 6.52. The first-order valence-electron chi connectivity index (χ1n) is 9.54. The lowest BCUT2D eigenvalue weighted by atomic mass is 10.2. The normalized spacial score (nSPS) is 10.9. The molecule has 0 saturated carbocycles. The number of hydrogen-bond acceptors (Lipinski definition) is 6. The summed E-state index contributed by atoms with van der Waals surface area (Å²) in [4.78, 5) is 29.0. The minimum Gasteiger partial charge on any atom is -0.452 e. The second kappa shape index (κ2) is 10.0. The number of esters is 1. The zero-order valence-electron chi connectivity index (χ0n) is 16.6. The third kappa shape index (κ3) is 5.29. The van der Waals surface area contributed by atoms with Gasteiger partial charge in [0, 0.05) is 24.0 Å². The number of nitrogens with one attached hydrogen (secondary N) is 1. The third-order valence-electron chi connectivity index (χ3n) is 4.30. The lowest BCUT2D eigenvalue weighted by Crippen LogP contribution is -2.20. The number of para-hydroxylation sites is 1. The minimum absolute atomic E-state index is 0.156. The van der Waals surface area contributed by atoms with Crippen molar-refractivity contribution < 1.29 is 14.3 Å². The highest BCUT2D eigenvalue weighted by atomic mass is 35.5. The fourth-order valence-electron chi connectivity index (χ4n) is 2.84.